The zero-order valence-corrected chi connectivity index (χ0v) is 56.5. The van der Waals surface area contributed by atoms with E-state index in [1.807, 2.05) is 0 Å². The first-order chi connectivity index (χ1) is 41.0. The lowest BCUT2D eigenvalue weighted by Gasteiger charge is -2.18. The van der Waals surface area contributed by atoms with Gasteiger partial charge in [0.1, 0.15) is 13.2 Å². The first kappa shape index (κ1) is 80.9. The second kappa shape index (κ2) is 72.4. The van der Waals surface area contributed by atoms with Gasteiger partial charge in [0.05, 0.1) is 0 Å². The van der Waals surface area contributed by atoms with Crippen molar-refractivity contribution in [1.29, 1.82) is 0 Å². The van der Waals surface area contributed by atoms with Crippen molar-refractivity contribution in [3.8, 4) is 0 Å². The van der Waals surface area contributed by atoms with E-state index in [1.54, 1.807) is 0 Å². The third-order valence-electron chi connectivity index (χ3n) is 17.4. The largest absolute Gasteiger partial charge is 0.462 e. The third-order valence-corrected chi connectivity index (χ3v) is 17.4. The molecule has 0 aliphatic heterocycles. The van der Waals surface area contributed by atoms with Crippen LogP contribution in [-0.2, 0) is 28.6 Å². The molecule has 6 heteroatoms. The smallest absolute Gasteiger partial charge is 0.306 e. The van der Waals surface area contributed by atoms with Gasteiger partial charge in [-0.05, 0) is 64.2 Å². The highest BCUT2D eigenvalue weighted by Gasteiger charge is 2.20. The minimum Gasteiger partial charge on any atom is -0.462 e. The molecule has 0 aromatic heterocycles. The summed E-state index contributed by atoms with van der Waals surface area (Å²) in [4.78, 5) is 38.4. The number of hydrogen-bond donors (Lipinski definition) is 0. The molecule has 0 spiro atoms. The van der Waals surface area contributed by atoms with Crippen molar-refractivity contribution < 1.29 is 28.6 Å². The minimum absolute atomic E-state index is 0.0686. The highest BCUT2D eigenvalue weighted by Crippen LogP contribution is 2.19. The number of ether oxygens (including phenoxy) is 3. The lowest BCUT2D eigenvalue weighted by molar-refractivity contribution is -0.167. The molecule has 0 heterocycles. The molecule has 0 bridgehead atoms. The van der Waals surface area contributed by atoms with E-state index in [0.29, 0.717) is 19.3 Å². The molecule has 0 fully saturated rings. The van der Waals surface area contributed by atoms with Crippen molar-refractivity contribution in [2.75, 3.05) is 13.2 Å². The summed E-state index contributed by atoms with van der Waals surface area (Å²) >= 11 is 0. The van der Waals surface area contributed by atoms with Gasteiger partial charge in [-0.1, -0.05) is 373 Å². The quantitative estimate of drug-likeness (QED) is 0.0261. The molecule has 0 aliphatic carbocycles. The van der Waals surface area contributed by atoms with Crippen LogP contribution in [0.25, 0.3) is 0 Å². The summed E-state index contributed by atoms with van der Waals surface area (Å²) < 4.78 is 17.0. The van der Waals surface area contributed by atoms with Crippen molar-refractivity contribution in [2.45, 2.75) is 438 Å². The second-order valence-electron chi connectivity index (χ2n) is 25.9. The first-order valence-corrected chi connectivity index (χ1v) is 37.8. The Labute approximate surface area is 519 Å². The Morgan fingerprint density at radius 1 is 0.229 bits per heavy atom. The Balaban J connectivity index is 4.09. The molecule has 0 saturated carbocycles. The summed E-state index contributed by atoms with van der Waals surface area (Å²) in [5.41, 5.74) is 0. The van der Waals surface area contributed by atoms with Crippen molar-refractivity contribution in [2.24, 2.45) is 0 Å². The maximum atomic E-state index is 13.0. The molecule has 0 radical (unpaired) electrons. The summed E-state index contributed by atoms with van der Waals surface area (Å²) in [5.74, 6) is -0.848. The van der Waals surface area contributed by atoms with Gasteiger partial charge >= 0.3 is 17.9 Å². The fourth-order valence-corrected chi connectivity index (χ4v) is 11.7. The van der Waals surface area contributed by atoms with E-state index in [2.05, 4.69) is 45.1 Å². The van der Waals surface area contributed by atoms with Gasteiger partial charge in [-0.3, -0.25) is 14.4 Å². The van der Waals surface area contributed by atoms with Gasteiger partial charge in [0, 0.05) is 19.3 Å². The minimum atomic E-state index is -0.773. The van der Waals surface area contributed by atoms with Crippen LogP contribution in [0.5, 0.6) is 0 Å². The Morgan fingerprint density at radius 2 is 0.410 bits per heavy atom. The number of unbranched alkanes of at least 4 members (excludes halogenated alkanes) is 56. The number of esters is 3. The van der Waals surface area contributed by atoms with E-state index in [1.165, 1.54) is 327 Å². The number of allylic oxidation sites excluding steroid dienone is 4. The summed E-state index contributed by atoms with van der Waals surface area (Å²) in [6.45, 7) is 6.68. The van der Waals surface area contributed by atoms with Gasteiger partial charge < -0.3 is 14.2 Å². The zero-order chi connectivity index (χ0) is 59.9. The van der Waals surface area contributed by atoms with Crippen LogP contribution in [0, 0.1) is 0 Å². The van der Waals surface area contributed by atoms with Crippen LogP contribution in [0.1, 0.15) is 432 Å². The Hall–Kier alpha value is -2.11. The van der Waals surface area contributed by atoms with Gasteiger partial charge in [-0.15, -0.1) is 0 Å². The van der Waals surface area contributed by atoms with Crippen LogP contribution in [0.3, 0.4) is 0 Å². The lowest BCUT2D eigenvalue weighted by Crippen LogP contribution is -2.30. The molecule has 0 aromatic rings. The molecule has 1 unspecified atom stereocenters. The van der Waals surface area contributed by atoms with Gasteiger partial charge in [-0.25, -0.2) is 0 Å². The number of hydrogen-bond acceptors (Lipinski definition) is 6. The number of carbonyl (C=O) groups is 3. The van der Waals surface area contributed by atoms with Crippen molar-refractivity contribution in [3.63, 3.8) is 0 Å². The van der Waals surface area contributed by atoms with Crippen LogP contribution in [-0.4, -0.2) is 37.2 Å². The Bertz CT molecular complexity index is 1340. The fourth-order valence-electron chi connectivity index (χ4n) is 11.7. The lowest BCUT2D eigenvalue weighted by atomic mass is 10.0. The van der Waals surface area contributed by atoms with Crippen LogP contribution >= 0.6 is 0 Å². The second-order valence-corrected chi connectivity index (χ2v) is 25.9. The molecule has 0 N–H and O–H groups in total. The molecule has 0 aliphatic rings. The highest BCUT2D eigenvalue weighted by molar-refractivity contribution is 5.71. The average Bonchev–Trinajstić information content (AvgIpc) is 3.48. The summed E-state index contributed by atoms with van der Waals surface area (Å²) in [6, 6.07) is 0. The summed E-state index contributed by atoms with van der Waals surface area (Å²) in [5, 5.41) is 0. The summed E-state index contributed by atoms with van der Waals surface area (Å²) in [7, 11) is 0. The van der Waals surface area contributed by atoms with E-state index in [9.17, 15) is 14.4 Å². The van der Waals surface area contributed by atoms with Gasteiger partial charge in [0.25, 0.3) is 0 Å². The highest BCUT2D eigenvalue weighted by atomic mass is 16.6. The first-order valence-electron chi connectivity index (χ1n) is 37.8. The maximum Gasteiger partial charge on any atom is 0.306 e. The van der Waals surface area contributed by atoms with E-state index in [0.717, 1.165) is 64.2 Å². The number of carbonyl (C=O) groups excluding carboxylic acids is 3. The molecular formula is C77H146O6. The van der Waals surface area contributed by atoms with Crippen LogP contribution in [0.4, 0.5) is 0 Å². The molecule has 1 atom stereocenters. The van der Waals surface area contributed by atoms with Gasteiger partial charge in [-0.2, -0.15) is 0 Å². The SMILES string of the molecule is CCCC/C=C\CCCCCCCC(=O)OCC(COC(=O)CCCCCCCCCCCCCCCCCCCCCCCCCCCCCCCCC)OC(=O)CCCCCCCCCCCCC/C=C\CCCCCCCCCC. The third kappa shape index (κ3) is 70.5. The zero-order valence-electron chi connectivity index (χ0n) is 56.5. The normalized spacial score (nSPS) is 12.1. The molecule has 490 valence electrons. The Morgan fingerprint density at radius 3 is 0.639 bits per heavy atom. The van der Waals surface area contributed by atoms with Crippen LogP contribution in [0.2, 0.25) is 0 Å². The molecule has 0 amide bonds. The van der Waals surface area contributed by atoms with Gasteiger partial charge in [0.2, 0.25) is 0 Å². The topological polar surface area (TPSA) is 78.9 Å². The molecule has 6 nitrogen and oxygen atoms in total. The molecule has 0 saturated heterocycles. The van der Waals surface area contributed by atoms with E-state index in [-0.39, 0.29) is 31.1 Å². The predicted octanol–water partition coefficient (Wildman–Crippen LogP) is 26.1. The van der Waals surface area contributed by atoms with Crippen molar-refractivity contribution >= 4 is 17.9 Å². The standard InChI is InChI=1S/C77H146O6/c1-4-7-10-13-16-19-22-24-26-28-30-32-34-35-36-37-38-39-40-41-43-44-46-48-50-52-55-58-61-64-67-70-76(79)82-73-74(72-81-75(78)69-66-63-60-57-54-21-18-15-12-9-6-3)83-77(80)71-68-65-62-59-56-53-51-49-47-45-42-33-31-29-27-25-23-20-17-14-11-8-5-2/h15,18,29,31,74H,4-14,16-17,19-28,30,32-73H2,1-3H3/b18-15-,31-29-. The predicted molar refractivity (Wildman–Crippen MR) is 363 cm³/mol. The van der Waals surface area contributed by atoms with Crippen LogP contribution in [0.15, 0.2) is 24.3 Å². The van der Waals surface area contributed by atoms with Crippen LogP contribution < -0.4 is 0 Å². The van der Waals surface area contributed by atoms with E-state index >= 15 is 0 Å². The fraction of sp³-hybridized carbons (Fsp3) is 0.909. The average molecular weight is 1170 g/mol. The Kier molecular flexibility index (Phi) is 70.5. The van der Waals surface area contributed by atoms with E-state index < -0.39 is 6.10 Å². The van der Waals surface area contributed by atoms with Crippen molar-refractivity contribution in [1.82, 2.24) is 0 Å². The van der Waals surface area contributed by atoms with Gasteiger partial charge in [0.15, 0.2) is 6.10 Å². The molecule has 0 rings (SSSR count). The number of rotatable bonds is 71. The summed E-state index contributed by atoms with van der Waals surface area (Å²) in [6.07, 6.45) is 89.6. The maximum absolute atomic E-state index is 13.0. The molecular weight excluding hydrogens is 1020 g/mol. The van der Waals surface area contributed by atoms with Crippen molar-refractivity contribution in [3.05, 3.63) is 24.3 Å². The van der Waals surface area contributed by atoms with E-state index in [4.69, 9.17) is 14.2 Å². The molecule has 0 aromatic carbocycles. The molecule has 83 heavy (non-hydrogen) atoms. The monoisotopic (exact) mass is 1170 g/mol.